The second-order valence-electron chi connectivity index (χ2n) is 20.5. The molecule has 0 unspecified atom stereocenters. The highest BCUT2D eigenvalue weighted by atomic mass is 15.1. The third kappa shape index (κ3) is 6.72. The quantitative estimate of drug-likeness (QED) is 0.165. The number of hydrogen-bond acceptors (Lipinski definition) is 2. The molecule has 2 heterocycles. The Morgan fingerprint density at radius 1 is 0.273 bits per heavy atom. The molecule has 12 aromatic carbocycles. The lowest BCUT2D eigenvalue weighted by atomic mass is 9.70. The van der Waals surface area contributed by atoms with Crippen LogP contribution in [0.15, 0.2) is 279 Å². The molecule has 2 aliphatic carbocycles. The van der Waals surface area contributed by atoms with Crippen molar-refractivity contribution >= 4 is 77.1 Å². The number of fused-ring (bicyclic) bond motifs is 17. The highest BCUT2D eigenvalue weighted by Gasteiger charge is 2.51. The molecule has 0 atom stereocenters. The fourth-order valence-electron chi connectivity index (χ4n) is 13.1. The van der Waals surface area contributed by atoms with Gasteiger partial charge in [-0.25, -0.2) is 0 Å². The molecule has 0 fully saturated rings. The van der Waals surface area contributed by atoms with E-state index in [0.717, 1.165) is 0 Å². The van der Waals surface area contributed by atoms with Crippen LogP contribution in [0.4, 0.5) is 22.7 Å². The molecule has 4 heteroatoms. The van der Waals surface area contributed by atoms with Crippen molar-refractivity contribution in [3.8, 4) is 33.6 Å². The first-order valence-corrected chi connectivity index (χ1v) is 26.6. The molecule has 0 amide bonds. The van der Waals surface area contributed by atoms with Crippen LogP contribution in [-0.2, 0) is 5.41 Å². The van der Waals surface area contributed by atoms with Crippen molar-refractivity contribution < 1.29 is 0 Å². The zero-order chi connectivity index (χ0) is 51.2. The normalized spacial score (nSPS) is 12.6. The molecule has 16 rings (SSSR count). The Labute approximate surface area is 448 Å². The topological polar surface area (TPSA) is 16.3 Å². The number of nitrogens with zero attached hydrogens (tertiary/aromatic N) is 4. The van der Waals surface area contributed by atoms with Gasteiger partial charge in [0.2, 0.25) is 0 Å². The van der Waals surface area contributed by atoms with E-state index in [0.29, 0.717) is 0 Å². The standard InChI is InChI=1S/C44H30N2.C29H22N2/c1-45(30-24-26-43-37(27-30)36-18-8-12-22-42(36)46(43)29-13-3-2-4-14-29)31-23-25-35-34-17-7-11-21-40(34)44(41(35)28-31)38-19-9-5-15-32(38)33-16-6-10-20-39(33)44;1-30(22-12-3-2-4-13-22)23-18-19-29-26(20-23)25-15-7-8-16-28(25)31(29)27-17-9-11-21-10-5-6-14-24(21)27/h2-28H,1H3;2-20H,1H3. The number of para-hydroxylation sites is 4. The summed E-state index contributed by atoms with van der Waals surface area (Å²) >= 11 is 0. The fourth-order valence-corrected chi connectivity index (χ4v) is 13.1. The van der Waals surface area contributed by atoms with E-state index in [1.807, 2.05) is 0 Å². The van der Waals surface area contributed by atoms with Crippen LogP contribution in [-0.4, -0.2) is 23.2 Å². The molecule has 4 nitrogen and oxygen atoms in total. The number of aromatic nitrogens is 2. The molecule has 2 aromatic heterocycles. The Hall–Kier alpha value is -9.90. The van der Waals surface area contributed by atoms with Gasteiger partial charge >= 0.3 is 0 Å². The van der Waals surface area contributed by atoms with Gasteiger partial charge in [0.25, 0.3) is 0 Å². The lowest BCUT2D eigenvalue weighted by Gasteiger charge is -2.31. The second kappa shape index (κ2) is 17.6. The van der Waals surface area contributed by atoms with E-state index in [1.54, 1.807) is 0 Å². The van der Waals surface area contributed by atoms with Crippen molar-refractivity contribution in [2.24, 2.45) is 0 Å². The van der Waals surface area contributed by atoms with Crippen LogP contribution in [0, 0.1) is 0 Å². The zero-order valence-electron chi connectivity index (χ0n) is 42.8. The minimum absolute atomic E-state index is 0.344. The first-order valence-electron chi connectivity index (χ1n) is 26.6. The first-order chi connectivity index (χ1) is 38.1. The fraction of sp³-hybridized carbons (Fsp3) is 0.0411. The Morgan fingerprint density at radius 3 is 1.30 bits per heavy atom. The number of anilines is 4. The first kappa shape index (κ1) is 44.6. The minimum atomic E-state index is -0.344. The smallest absolute Gasteiger partial charge is 0.0726 e. The van der Waals surface area contributed by atoms with Crippen molar-refractivity contribution in [3.05, 3.63) is 301 Å². The summed E-state index contributed by atoms with van der Waals surface area (Å²) < 4.78 is 4.78. The summed E-state index contributed by atoms with van der Waals surface area (Å²) in [6.45, 7) is 0. The number of benzene rings is 12. The van der Waals surface area contributed by atoms with Crippen LogP contribution in [0.2, 0.25) is 0 Å². The van der Waals surface area contributed by atoms with E-state index in [-0.39, 0.29) is 5.41 Å². The van der Waals surface area contributed by atoms with Gasteiger partial charge in [0.1, 0.15) is 0 Å². The Morgan fingerprint density at radius 2 is 0.688 bits per heavy atom. The highest BCUT2D eigenvalue weighted by molar-refractivity contribution is 6.12. The van der Waals surface area contributed by atoms with Crippen LogP contribution in [0.3, 0.4) is 0 Å². The summed E-state index contributed by atoms with van der Waals surface area (Å²) in [6, 6.07) is 102. The van der Waals surface area contributed by atoms with Gasteiger partial charge in [-0.15, -0.1) is 0 Å². The van der Waals surface area contributed by atoms with E-state index in [9.17, 15) is 0 Å². The van der Waals surface area contributed by atoms with Gasteiger partial charge < -0.3 is 18.9 Å². The molecule has 0 bridgehead atoms. The average molecular weight is 985 g/mol. The molecule has 0 radical (unpaired) electrons. The third-order valence-electron chi connectivity index (χ3n) is 16.6. The van der Waals surface area contributed by atoms with Crippen molar-refractivity contribution in [1.82, 2.24) is 9.13 Å². The predicted octanol–water partition coefficient (Wildman–Crippen LogP) is 18.6. The van der Waals surface area contributed by atoms with Gasteiger partial charge in [-0.1, -0.05) is 188 Å². The Balaban J connectivity index is 0.000000145. The van der Waals surface area contributed by atoms with Crippen LogP contribution in [0.5, 0.6) is 0 Å². The summed E-state index contributed by atoms with van der Waals surface area (Å²) in [5, 5.41) is 7.58. The summed E-state index contributed by atoms with van der Waals surface area (Å²) in [5.41, 5.74) is 22.4. The second-order valence-corrected chi connectivity index (χ2v) is 20.5. The molecule has 77 heavy (non-hydrogen) atoms. The predicted molar refractivity (Wildman–Crippen MR) is 324 cm³/mol. The van der Waals surface area contributed by atoms with Gasteiger partial charge in [0.15, 0.2) is 0 Å². The van der Waals surface area contributed by atoms with E-state index in [2.05, 4.69) is 312 Å². The molecule has 1 spiro atoms. The molecule has 0 N–H and O–H groups in total. The number of hydrogen-bond donors (Lipinski definition) is 0. The molecule has 364 valence electrons. The van der Waals surface area contributed by atoms with Gasteiger partial charge in [-0.05, 0) is 141 Å². The zero-order valence-corrected chi connectivity index (χ0v) is 42.8. The minimum Gasteiger partial charge on any atom is -0.345 e. The third-order valence-corrected chi connectivity index (χ3v) is 16.6. The van der Waals surface area contributed by atoms with E-state index < -0.39 is 0 Å². The van der Waals surface area contributed by atoms with Crippen LogP contribution >= 0.6 is 0 Å². The van der Waals surface area contributed by atoms with Crippen LogP contribution in [0.25, 0.3) is 88.0 Å². The maximum Gasteiger partial charge on any atom is 0.0726 e. The summed E-state index contributed by atoms with van der Waals surface area (Å²) in [4.78, 5) is 4.58. The SMILES string of the molecule is CN(c1ccc2c(c1)C1(c3ccccc3-c3ccccc31)c1ccccc1-2)c1ccc2c(c1)c1ccccc1n2-c1ccccc1.CN(c1ccccc1)c1ccc2c(c1)c1ccccc1n2-c1cccc2ccccc12. The van der Waals surface area contributed by atoms with Crippen molar-refractivity contribution in [2.75, 3.05) is 23.9 Å². The summed E-state index contributed by atoms with van der Waals surface area (Å²) in [6.07, 6.45) is 0. The molecular weight excluding hydrogens is 933 g/mol. The molecule has 0 saturated carbocycles. The van der Waals surface area contributed by atoms with Crippen molar-refractivity contribution in [3.63, 3.8) is 0 Å². The van der Waals surface area contributed by atoms with Gasteiger partial charge in [-0.3, -0.25) is 0 Å². The molecule has 14 aromatic rings. The highest BCUT2D eigenvalue weighted by Crippen LogP contribution is 2.63. The Bertz CT molecular complexity index is 4550. The maximum absolute atomic E-state index is 2.45. The van der Waals surface area contributed by atoms with Gasteiger partial charge in [0, 0.05) is 69.5 Å². The molecule has 0 saturated heterocycles. The lowest BCUT2D eigenvalue weighted by Crippen LogP contribution is -2.26. The van der Waals surface area contributed by atoms with E-state index >= 15 is 0 Å². The summed E-state index contributed by atoms with van der Waals surface area (Å²) in [5.74, 6) is 0. The van der Waals surface area contributed by atoms with E-state index in [4.69, 9.17) is 0 Å². The lowest BCUT2D eigenvalue weighted by molar-refractivity contribution is 0.793. The monoisotopic (exact) mass is 984 g/mol. The van der Waals surface area contributed by atoms with E-state index in [1.165, 1.54) is 133 Å². The van der Waals surface area contributed by atoms with Crippen LogP contribution < -0.4 is 9.80 Å². The summed E-state index contributed by atoms with van der Waals surface area (Å²) in [7, 11) is 4.32. The van der Waals surface area contributed by atoms with Crippen LogP contribution in [0.1, 0.15) is 22.3 Å². The maximum atomic E-state index is 2.45. The molecule has 2 aliphatic rings. The number of rotatable bonds is 6. The van der Waals surface area contributed by atoms with Crippen molar-refractivity contribution in [2.45, 2.75) is 5.41 Å². The van der Waals surface area contributed by atoms with Crippen molar-refractivity contribution in [1.29, 1.82) is 0 Å². The largest absolute Gasteiger partial charge is 0.345 e. The Kier molecular flexibility index (Phi) is 10.2. The van der Waals surface area contributed by atoms with Gasteiger partial charge in [-0.2, -0.15) is 0 Å². The average Bonchev–Trinajstić information content (AvgIpc) is 4.23. The molecular formula is C73H52N4. The molecule has 0 aliphatic heterocycles. The van der Waals surface area contributed by atoms with Gasteiger partial charge in [0.05, 0.1) is 33.2 Å².